The molecule has 2 aromatic heterocycles. The molecule has 0 saturated carbocycles. The minimum atomic E-state index is -0.203. The summed E-state index contributed by atoms with van der Waals surface area (Å²) in [5, 5.41) is 10.3. The van der Waals surface area contributed by atoms with Crippen molar-refractivity contribution in [2.75, 3.05) is 12.4 Å². The lowest BCUT2D eigenvalue weighted by Gasteiger charge is -2.11. The molecule has 0 radical (unpaired) electrons. The molecule has 9 heteroatoms. The summed E-state index contributed by atoms with van der Waals surface area (Å²) >= 11 is 1.74. The van der Waals surface area contributed by atoms with E-state index in [2.05, 4.69) is 15.7 Å². The van der Waals surface area contributed by atoms with E-state index in [0.717, 1.165) is 34.1 Å². The average Bonchev–Trinajstić information content (AvgIpc) is 3.47. The van der Waals surface area contributed by atoms with Crippen LogP contribution < -0.4 is 15.4 Å². The van der Waals surface area contributed by atoms with E-state index in [9.17, 15) is 9.59 Å². The van der Waals surface area contributed by atoms with Gasteiger partial charge in [-0.05, 0) is 29.8 Å². The third-order valence-electron chi connectivity index (χ3n) is 4.73. The smallest absolute Gasteiger partial charge is 0.242 e. The number of hydrogen-bond acceptors (Lipinski definition) is 6. The van der Waals surface area contributed by atoms with Crippen LogP contribution >= 0.6 is 11.8 Å². The van der Waals surface area contributed by atoms with Crippen molar-refractivity contribution in [1.82, 2.24) is 15.1 Å². The third-order valence-corrected chi connectivity index (χ3v) is 5.70. The molecule has 0 fully saturated rings. The van der Waals surface area contributed by atoms with Gasteiger partial charge in [0.25, 0.3) is 0 Å². The topological polar surface area (TPSA) is 98.4 Å². The van der Waals surface area contributed by atoms with Crippen LogP contribution in [0.4, 0.5) is 5.82 Å². The fraction of sp³-hybridized carbons (Fsp3) is 0.286. The van der Waals surface area contributed by atoms with E-state index in [1.807, 2.05) is 24.3 Å². The minimum Gasteiger partial charge on any atom is -0.497 e. The Bertz CT molecular complexity index is 1030. The molecule has 4 rings (SSSR count). The standard InChI is InChI=1S/C21H22N4O4S/c1-28-15-6-4-14(5-7-15)9-19(26)23-21-17-12-30-13-18(17)24-25(21)11-20(27)22-10-16-3-2-8-29-16/h2-8H,9-13H2,1H3,(H,22,27)(H,23,26). The number of nitrogens with one attached hydrogen (secondary N) is 2. The highest BCUT2D eigenvalue weighted by Crippen LogP contribution is 2.34. The maximum Gasteiger partial charge on any atom is 0.242 e. The van der Waals surface area contributed by atoms with Gasteiger partial charge in [-0.3, -0.25) is 9.59 Å². The number of hydrogen-bond donors (Lipinski definition) is 2. The van der Waals surface area contributed by atoms with Gasteiger partial charge in [-0.25, -0.2) is 4.68 Å². The fourth-order valence-corrected chi connectivity index (χ4v) is 4.25. The number of thioether (sulfide) groups is 1. The minimum absolute atomic E-state index is 0.0243. The number of rotatable bonds is 8. The van der Waals surface area contributed by atoms with Crippen LogP contribution in [0, 0.1) is 0 Å². The first-order valence-corrected chi connectivity index (χ1v) is 10.7. The molecule has 30 heavy (non-hydrogen) atoms. The summed E-state index contributed by atoms with van der Waals surface area (Å²) in [5.74, 6) is 3.20. The summed E-state index contributed by atoms with van der Waals surface area (Å²) in [7, 11) is 1.60. The number of anilines is 1. The number of fused-ring (bicyclic) bond motifs is 1. The summed E-state index contributed by atoms with van der Waals surface area (Å²) in [6.07, 6.45) is 1.79. The first-order chi connectivity index (χ1) is 14.6. The lowest BCUT2D eigenvalue weighted by atomic mass is 10.1. The molecule has 2 amide bonds. The van der Waals surface area contributed by atoms with Crippen molar-refractivity contribution < 1.29 is 18.7 Å². The van der Waals surface area contributed by atoms with Crippen molar-refractivity contribution in [2.45, 2.75) is 31.0 Å². The number of nitrogens with zero attached hydrogens (tertiary/aromatic N) is 2. The monoisotopic (exact) mass is 426 g/mol. The molecule has 0 unspecified atom stereocenters. The molecule has 3 heterocycles. The van der Waals surface area contributed by atoms with Crippen molar-refractivity contribution >= 4 is 29.4 Å². The quantitative estimate of drug-likeness (QED) is 0.575. The molecule has 2 N–H and O–H groups in total. The zero-order valence-corrected chi connectivity index (χ0v) is 17.3. The molecule has 0 atom stereocenters. The van der Waals surface area contributed by atoms with E-state index in [1.54, 1.807) is 41.9 Å². The SMILES string of the molecule is COc1ccc(CC(=O)Nc2c3c(nn2CC(=O)NCc2ccco2)CSC3)cc1. The average molecular weight is 426 g/mol. The summed E-state index contributed by atoms with van der Waals surface area (Å²) in [5.41, 5.74) is 2.78. The van der Waals surface area contributed by atoms with Crippen molar-refractivity contribution in [1.29, 1.82) is 0 Å². The largest absolute Gasteiger partial charge is 0.497 e. The van der Waals surface area contributed by atoms with Crippen LogP contribution in [0.25, 0.3) is 0 Å². The maximum atomic E-state index is 12.7. The predicted octanol–water partition coefficient (Wildman–Crippen LogP) is 2.73. The molecule has 1 aromatic carbocycles. The predicted molar refractivity (Wildman–Crippen MR) is 113 cm³/mol. The summed E-state index contributed by atoms with van der Waals surface area (Å²) in [6, 6.07) is 10.9. The van der Waals surface area contributed by atoms with Gasteiger partial charge in [0.05, 0.1) is 32.0 Å². The van der Waals surface area contributed by atoms with Gasteiger partial charge in [-0.15, -0.1) is 0 Å². The Morgan fingerprint density at radius 1 is 1.20 bits per heavy atom. The molecule has 156 valence electrons. The Morgan fingerprint density at radius 3 is 2.77 bits per heavy atom. The molecule has 0 saturated heterocycles. The second kappa shape index (κ2) is 9.08. The lowest BCUT2D eigenvalue weighted by molar-refractivity contribution is -0.122. The van der Waals surface area contributed by atoms with Crippen LogP contribution in [0.15, 0.2) is 47.1 Å². The zero-order valence-electron chi connectivity index (χ0n) is 16.5. The lowest BCUT2D eigenvalue weighted by Crippen LogP contribution is -2.29. The van der Waals surface area contributed by atoms with Gasteiger partial charge >= 0.3 is 0 Å². The van der Waals surface area contributed by atoms with Crippen molar-refractivity contribution in [2.24, 2.45) is 0 Å². The summed E-state index contributed by atoms with van der Waals surface area (Å²) in [6.45, 7) is 0.332. The van der Waals surface area contributed by atoms with E-state index < -0.39 is 0 Å². The van der Waals surface area contributed by atoms with Crippen molar-refractivity contribution in [3.8, 4) is 5.75 Å². The van der Waals surface area contributed by atoms with Gasteiger partial charge in [0.15, 0.2) is 0 Å². The summed E-state index contributed by atoms with van der Waals surface area (Å²) in [4.78, 5) is 25.0. The van der Waals surface area contributed by atoms with E-state index in [-0.39, 0.29) is 24.8 Å². The van der Waals surface area contributed by atoms with Crippen LogP contribution in [0.2, 0.25) is 0 Å². The Balaban J connectivity index is 1.42. The van der Waals surface area contributed by atoms with Gasteiger partial charge < -0.3 is 19.8 Å². The van der Waals surface area contributed by atoms with Crippen molar-refractivity contribution in [3.05, 3.63) is 65.2 Å². The van der Waals surface area contributed by atoms with E-state index in [0.29, 0.717) is 18.1 Å². The third kappa shape index (κ3) is 4.68. The van der Waals surface area contributed by atoms with Gasteiger partial charge in [-0.2, -0.15) is 16.9 Å². The van der Waals surface area contributed by atoms with E-state index >= 15 is 0 Å². The number of aromatic nitrogens is 2. The maximum absolute atomic E-state index is 12.7. The first-order valence-electron chi connectivity index (χ1n) is 9.50. The van der Waals surface area contributed by atoms with Gasteiger partial charge in [0, 0.05) is 17.1 Å². The summed E-state index contributed by atoms with van der Waals surface area (Å²) < 4.78 is 12.0. The molecule has 8 nitrogen and oxygen atoms in total. The highest BCUT2D eigenvalue weighted by molar-refractivity contribution is 7.98. The number of ether oxygens (including phenoxy) is 1. The fourth-order valence-electron chi connectivity index (χ4n) is 3.22. The van der Waals surface area contributed by atoms with Crippen LogP contribution in [-0.2, 0) is 40.6 Å². The number of amides is 2. The number of benzene rings is 1. The molecular weight excluding hydrogens is 404 g/mol. The van der Waals surface area contributed by atoms with Gasteiger partial charge in [0.1, 0.15) is 23.9 Å². The number of carbonyl (C=O) groups excluding carboxylic acids is 2. The molecule has 0 spiro atoms. The Hall–Kier alpha value is -3.20. The zero-order chi connectivity index (χ0) is 20.9. The molecule has 1 aliphatic heterocycles. The first kappa shape index (κ1) is 20.1. The highest BCUT2D eigenvalue weighted by atomic mass is 32.2. The normalized spacial score (nSPS) is 12.4. The van der Waals surface area contributed by atoms with E-state index in [4.69, 9.17) is 9.15 Å². The molecule has 0 aliphatic carbocycles. The molecular formula is C21H22N4O4S. The van der Waals surface area contributed by atoms with Crippen LogP contribution in [0.5, 0.6) is 5.75 Å². The Morgan fingerprint density at radius 2 is 2.03 bits per heavy atom. The highest BCUT2D eigenvalue weighted by Gasteiger charge is 2.25. The van der Waals surface area contributed by atoms with Gasteiger partial charge in [-0.1, -0.05) is 12.1 Å². The second-order valence-electron chi connectivity index (χ2n) is 6.85. The Labute approximate surface area is 178 Å². The van der Waals surface area contributed by atoms with E-state index in [1.165, 1.54) is 0 Å². The van der Waals surface area contributed by atoms with Crippen molar-refractivity contribution in [3.63, 3.8) is 0 Å². The number of carbonyl (C=O) groups is 2. The Kier molecular flexibility index (Phi) is 6.08. The molecule has 3 aromatic rings. The second-order valence-corrected chi connectivity index (χ2v) is 7.84. The van der Waals surface area contributed by atoms with Crippen LogP contribution in [0.1, 0.15) is 22.6 Å². The molecule has 1 aliphatic rings. The van der Waals surface area contributed by atoms with Crippen LogP contribution in [-0.4, -0.2) is 28.7 Å². The van der Waals surface area contributed by atoms with Gasteiger partial charge in [0.2, 0.25) is 11.8 Å². The number of methoxy groups -OCH3 is 1. The number of furan rings is 1. The molecule has 0 bridgehead atoms. The van der Waals surface area contributed by atoms with Crippen LogP contribution in [0.3, 0.4) is 0 Å².